The van der Waals surface area contributed by atoms with Crippen LogP contribution in [0.1, 0.15) is 34.5 Å². The first-order valence-corrected chi connectivity index (χ1v) is 5.65. The molecule has 0 amide bonds. The van der Waals surface area contributed by atoms with E-state index in [4.69, 9.17) is 16.7 Å². The fourth-order valence-electron chi connectivity index (χ4n) is 1.62. The molecule has 6 heteroatoms. The predicted octanol–water partition coefficient (Wildman–Crippen LogP) is 1.11. The second-order valence-electron chi connectivity index (χ2n) is 3.75. The van der Waals surface area contributed by atoms with Gasteiger partial charge < -0.3 is 15.3 Å². The van der Waals surface area contributed by atoms with E-state index in [0.29, 0.717) is 0 Å². The minimum absolute atomic E-state index is 0.00633. The summed E-state index contributed by atoms with van der Waals surface area (Å²) in [6, 6.07) is 4.22. The number of halogens is 1. The fraction of sp³-hybridized carbons (Fsp3) is 0.333. The molecule has 0 saturated carbocycles. The first-order chi connectivity index (χ1) is 8.40. The van der Waals surface area contributed by atoms with Gasteiger partial charge in [-0.05, 0) is 18.1 Å². The highest BCUT2D eigenvalue weighted by Gasteiger charge is 2.24. The van der Waals surface area contributed by atoms with Crippen LogP contribution in [0.4, 0.5) is 0 Å². The van der Waals surface area contributed by atoms with Crippen molar-refractivity contribution in [1.82, 2.24) is 0 Å². The van der Waals surface area contributed by atoms with Crippen LogP contribution in [0, 0.1) is 0 Å². The molecular formula is C12H13ClO5. The Morgan fingerprint density at radius 2 is 2.00 bits per heavy atom. The van der Waals surface area contributed by atoms with Crippen molar-refractivity contribution in [3.63, 3.8) is 0 Å². The Morgan fingerprint density at radius 1 is 1.39 bits per heavy atom. The summed E-state index contributed by atoms with van der Waals surface area (Å²) in [5.74, 6) is -1.88. The number of carbonyl (C=O) groups is 2. The molecule has 0 saturated heterocycles. The minimum atomic E-state index is -1.79. The van der Waals surface area contributed by atoms with Gasteiger partial charge in [0.15, 0.2) is 11.9 Å². The van der Waals surface area contributed by atoms with Gasteiger partial charge >= 0.3 is 5.97 Å². The van der Waals surface area contributed by atoms with Crippen molar-refractivity contribution in [3.05, 3.63) is 34.9 Å². The van der Waals surface area contributed by atoms with Gasteiger partial charge in [-0.25, -0.2) is 4.79 Å². The third kappa shape index (κ3) is 2.87. The standard InChI is InChI=1S/C12H13ClO5/c1-6(13)10(15)7-3-2-4-8(9(7)5-14)11(16)12(17)18/h2-4,6,11,14,16H,5H2,1H3,(H,17,18). The largest absolute Gasteiger partial charge is 0.479 e. The van der Waals surface area contributed by atoms with Gasteiger partial charge in [0.2, 0.25) is 0 Å². The average molecular weight is 273 g/mol. The third-order valence-electron chi connectivity index (χ3n) is 2.53. The number of Topliss-reactive ketones (excluding diaryl/α,β-unsaturated/α-hetero) is 1. The molecule has 0 aromatic heterocycles. The Kier molecular flexibility index (Phi) is 4.84. The summed E-state index contributed by atoms with van der Waals surface area (Å²) in [4.78, 5) is 22.5. The smallest absolute Gasteiger partial charge is 0.337 e. The van der Waals surface area contributed by atoms with Gasteiger partial charge in [0.1, 0.15) is 0 Å². The molecule has 2 atom stereocenters. The van der Waals surface area contributed by atoms with E-state index in [1.807, 2.05) is 0 Å². The van der Waals surface area contributed by atoms with Crippen LogP contribution in [0.3, 0.4) is 0 Å². The number of carboxylic acid groups (broad SMARTS) is 1. The molecule has 0 spiro atoms. The number of ketones is 1. The number of aliphatic hydroxyl groups excluding tert-OH is 2. The molecule has 0 radical (unpaired) electrons. The lowest BCUT2D eigenvalue weighted by atomic mass is 9.94. The second kappa shape index (κ2) is 5.95. The zero-order valence-corrected chi connectivity index (χ0v) is 10.4. The summed E-state index contributed by atoms with van der Waals surface area (Å²) < 4.78 is 0. The molecule has 0 bridgehead atoms. The highest BCUT2D eigenvalue weighted by Crippen LogP contribution is 2.24. The topological polar surface area (TPSA) is 94.8 Å². The van der Waals surface area contributed by atoms with Crippen LogP contribution in [0.15, 0.2) is 18.2 Å². The third-order valence-corrected chi connectivity index (χ3v) is 2.72. The van der Waals surface area contributed by atoms with Crippen molar-refractivity contribution >= 4 is 23.4 Å². The maximum absolute atomic E-state index is 11.8. The molecule has 0 fully saturated rings. The van der Waals surface area contributed by atoms with Gasteiger partial charge in [-0.2, -0.15) is 0 Å². The van der Waals surface area contributed by atoms with Crippen molar-refractivity contribution in [2.45, 2.75) is 25.0 Å². The van der Waals surface area contributed by atoms with Crippen molar-refractivity contribution in [2.75, 3.05) is 0 Å². The summed E-state index contributed by atoms with van der Waals surface area (Å²) >= 11 is 5.68. The zero-order chi connectivity index (χ0) is 13.9. The number of hydrogen-bond donors (Lipinski definition) is 3. The molecule has 1 rings (SSSR count). The molecule has 18 heavy (non-hydrogen) atoms. The Bertz CT molecular complexity index is 470. The maximum Gasteiger partial charge on any atom is 0.337 e. The van der Waals surface area contributed by atoms with E-state index in [1.54, 1.807) is 0 Å². The Balaban J connectivity index is 3.35. The van der Waals surface area contributed by atoms with E-state index in [9.17, 15) is 19.8 Å². The SMILES string of the molecule is CC(Cl)C(=O)c1cccc(C(O)C(=O)O)c1CO. The van der Waals surface area contributed by atoms with Gasteiger partial charge in [-0.1, -0.05) is 18.2 Å². The highest BCUT2D eigenvalue weighted by atomic mass is 35.5. The van der Waals surface area contributed by atoms with Crippen molar-refractivity contribution < 1.29 is 24.9 Å². The molecule has 0 aliphatic carbocycles. The lowest BCUT2D eigenvalue weighted by Crippen LogP contribution is -2.18. The molecule has 98 valence electrons. The maximum atomic E-state index is 11.8. The van der Waals surface area contributed by atoms with E-state index < -0.39 is 29.8 Å². The zero-order valence-electron chi connectivity index (χ0n) is 9.63. The van der Waals surface area contributed by atoms with Crippen molar-refractivity contribution in [2.24, 2.45) is 0 Å². The summed E-state index contributed by atoms with van der Waals surface area (Å²) in [5.41, 5.74) is 0.205. The summed E-state index contributed by atoms with van der Waals surface area (Å²) in [6.45, 7) is 0.927. The molecular weight excluding hydrogens is 260 g/mol. The Labute approximate surface area is 109 Å². The monoisotopic (exact) mass is 272 g/mol. The Hall–Kier alpha value is -1.43. The van der Waals surface area contributed by atoms with Crippen LogP contribution < -0.4 is 0 Å². The number of rotatable bonds is 5. The second-order valence-corrected chi connectivity index (χ2v) is 4.41. The van der Waals surface area contributed by atoms with Gasteiger partial charge in [-0.3, -0.25) is 4.79 Å². The van der Waals surface area contributed by atoms with Crippen LogP contribution in [-0.4, -0.2) is 32.4 Å². The summed E-state index contributed by atoms with van der Waals surface area (Å²) in [6.07, 6.45) is -1.79. The molecule has 2 unspecified atom stereocenters. The summed E-state index contributed by atoms with van der Waals surface area (Å²) in [7, 11) is 0. The van der Waals surface area contributed by atoms with E-state index in [1.165, 1.54) is 25.1 Å². The van der Waals surface area contributed by atoms with Crippen LogP contribution >= 0.6 is 11.6 Å². The average Bonchev–Trinajstić information content (AvgIpc) is 2.35. The fourth-order valence-corrected chi connectivity index (χ4v) is 1.73. The molecule has 0 aliphatic heterocycles. The number of carbonyl (C=O) groups excluding carboxylic acids is 1. The van der Waals surface area contributed by atoms with E-state index in [-0.39, 0.29) is 16.7 Å². The van der Waals surface area contributed by atoms with Crippen LogP contribution in [0.2, 0.25) is 0 Å². The highest BCUT2D eigenvalue weighted by molar-refractivity contribution is 6.33. The van der Waals surface area contributed by atoms with E-state index in [0.717, 1.165) is 0 Å². The molecule has 0 heterocycles. The minimum Gasteiger partial charge on any atom is -0.479 e. The predicted molar refractivity (Wildman–Crippen MR) is 64.6 cm³/mol. The molecule has 1 aromatic carbocycles. The van der Waals surface area contributed by atoms with Crippen molar-refractivity contribution in [1.29, 1.82) is 0 Å². The first-order valence-electron chi connectivity index (χ1n) is 5.22. The molecule has 3 N–H and O–H groups in total. The van der Waals surface area contributed by atoms with Gasteiger partial charge in [0.25, 0.3) is 0 Å². The molecule has 1 aromatic rings. The van der Waals surface area contributed by atoms with Crippen LogP contribution in [0.25, 0.3) is 0 Å². The first kappa shape index (κ1) is 14.6. The van der Waals surface area contributed by atoms with Crippen LogP contribution in [-0.2, 0) is 11.4 Å². The lowest BCUT2D eigenvalue weighted by Gasteiger charge is -2.15. The van der Waals surface area contributed by atoms with Crippen molar-refractivity contribution in [3.8, 4) is 0 Å². The number of alkyl halides is 1. The quantitative estimate of drug-likeness (QED) is 0.551. The number of carboxylic acids is 1. The van der Waals surface area contributed by atoms with Gasteiger partial charge in [0.05, 0.1) is 12.0 Å². The number of aliphatic carboxylic acids is 1. The number of benzene rings is 1. The normalized spacial score (nSPS) is 14.0. The lowest BCUT2D eigenvalue weighted by molar-refractivity contribution is -0.147. The number of aliphatic hydroxyl groups is 2. The van der Waals surface area contributed by atoms with E-state index >= 15 is 0 Å². The van der Waals surface area contributed by atoms with Gasteiger partial charge in [-0.15, -0.1) is 11.6 Å². The summed E-state index contributed by atoms with van der Waals surface area (Å²) in [5, 5.41) is 26.7. The molecule has 0 aliphatic rings. The number of hydrogen-bond acceptors (Lipinski definition) is 4. The van der Waals surface area contributed by atoms with Gasteiger partial charge in [0, 0.05) is 5.56 Å². The van der Waals surface area contributed by atoms with E-state index in [2.05, 4.69) is 0 Å². The van der Waals surface area contributed by atoms with Crippen LogP contribution in [0.5, 0.6) is 0 Å². The Morgan fingerprint density at radius 3 is 2.44 bits per heavy atom. The molecule has 5 nitrogen and oxygen atoms in total.